The molecule has 2 rings (SSSR count). The molecule has 0 amide bonds. The van der Waals surface area contributed by atoms with Crippen LogP contribution in [0.25, 0.3) is 0 Å². The van der Waals surface area contributed by atoms with Gasteiger partial charge in [0.2, 0.25) is 0 Å². The summed E-state index contributed by atoms with van der Waals surface area (Å²) < 4.78 is 5.38. The van der Waals surface area contributed by atoms with E-state index in [1.807, 2.05) is 37.3 Å². The van der Waals surface area contributed by atoms with Crippen LogP contribution in [-0.4, -0.2) is 55.5 Å². The minimum atomic E-state index is -0.104. The van der Waals surface area contributed by atoms with Crippen LogP contribution in [-0.2, 0) is 16.1 Å². The Morgan fingerprint density at radius 1 is 1.20 bits per heavy atom. The number of carbonyl (C=O) groups excluding carboxylic acids is 1. The average molecular weight is 276 g/mol. The second kappa shape index (κ2) is 7.41. The summed E-state index contributed by atoms with van der Waals surface area (Å²) in [5.74, 6) is -0.171. The molecule has 110 valence electrons. The fraction of sp³-hybridized carbons (Fsp3) is 0.562. The number of rotatable bonds is 5. The highest BCUT2D eigenvalue weighted by atomic mass is 16.5. The van der Waals surface area contributed by atoms with E-state index in [9.17, 15) is 4.79 Å². The van der Waals surface area contributed by atoms with Crippen molar-refractivity contribution in [2.24, 2.45) is 5.92 Å². The van der Waals surface area contributed by atoms with Gasteiger partial charge in [-0.05, 0) is 12.6 Å². The predicted molar refractivity (Wildman–Crippen MR) is 79.3 cm³/mol. The van der Waals surface area contributed by atoms with Crippen LogP contribution in [0.5, 0.6) is 0 Å². The van der Waals surface area contributed by atoms with E-state index in [0.29, 0.717) is 6.61 Å². The normalized spacial score (nSPS) is 18.7. The van der Waals surface area contributed by atoms with E-state index in [4.69, 9.17) is 4.74 Å². The second-order valence-electron chi connectivity index (χ2n) is 5.60. The average Bonchev–Trinajstić information content (AvgIpc) is 2.48. The number of hydrogen-bond acceptors (Lipinski definition) is 4. The maximum atomic E-state index is 12.0. The van der Waals surface area contributed by atoms with Crippen molar-refractivity contribution in [1.29, 1.82) is 0 Å². The van der Waals surface area contributed by atoms with Gasteiger partial charge in [0, 0.05) is 32.7 Å². The van der Waals surface area contributed by atoms with E-state index >= 15 is 0 Å². The molecule has 1 fully saturated rings. The van der Waals surface area contributed by atoms with Gasteiger partial charge in [-0.2, -0.15) is 0 Å². The lowest BCUT2D eigenvalue weighted by molar-refractivity contribution is -0.150. The van der Waals surface area contributed by atoms with Crippen molar-refractivity contribution in [2.75, 3.05) is 39.8 Å². The molecular weight excluding hydrogens is 252 g/mol. The molecule has 1 aliphatic rings. The molecule has 0 aromatic heterocycles. The van der Waals surface area contributed by atoms with E-state index in [2.05, 4.69) is 16.8 Å². The van der Waals surface area contributed by atoms with Gasteiger partial charge in [0.05, 0.1) is 5.92 Å². The SMILES string of the molecule is CC(CN1CCN(C)CC1)C(=O)OCc1ccccc1. The number of carbonyl (C=O) groups is 1. The van der Waals surface area contributed by atoms with Gasteiger partial charge in [-0.3, -0.25) is 9.69 Å². The number of ether oxygens (including phenoxy) is 1. The Hall–Kier alpha value is -1.39. The third-order valence-electron chi connectivity index (χ3n) is 3.75. The molecule has 1 aliphatic heterocycles. The van der Waals surface area contributed by atoms with Crippen LogP contribution < -0.4 is 0 Å². The monoisotopic (exact) mass is 276 g/mol. The highest BCUT2D eigenvalue weighted by Gasteiger charge is 2.21. The van der Waals surface area contributed by atoms with Crippen LogP contribution in [0.1, 0.15) is 12.5 Å². The number of benzene rings is 1. The van der Waals surface area contributed by atoms with E-state index in [-0.39, 0.29) is 11.9 Å². The van der Waals surface area contributed by atoms with Gasteiger partial charge >= 0.3 is 5.97 Å². The van der Waals surface area contributed by atoms with Crippen molar-refractivity contribution >= 4 is 5.97 Å². The molecule has 4 nitrogen and oxygen atoms in total. The first-order valence-electron chi connectivity index (χ1n) is 7.26. The van der Waals surface area contributed by atoms with Gasteiger partial charge in [0.15, 0.2) is 0 Å². The van der Waals surface area contributed by atoms with Gasteiger partial charge in [-0.25, -0.2) is 0 Å². The van der Waals surface area contributed by atoms with Crippen molar-refractivity contribution in [3.8, 4) is 0 Å². The van der Waals surface area contributed by atoms with Crippen LogP contribution in [0.2, 0.25) is 0 Å². The minimum absolute atomic E-state index is 0.0675. The van der Waals surface area contributed by atoms with Gasteiger partial charge in [0.25, 0.3) is 0 Å². The molecule has 1 aromatic carbocycles. The maximum absolute atomic E-state index is 12.0. The largest absolute Gasteiger partial charge is 0.461 e. The highest BCUT2D eigenvalue weighted by molar-refractivity contribution is 5.72. The lowest BCUT2D eigenvalue weighted by Gasteiger charge is -2.33. The minimum Gasteiger partial charge on any atom is -0.461 e. The summed E-state index contributed by atoms with van der Waals surface area (Å²) >= 11 is 0. The molecule has 4 heteroatoms. The predicted octanol–water partition coefficient (Wildman–Crippen LogP) is 1.61. The third kappa shape index (κ3) is 4.62. The number of piperazine rings is 1. The summed E-state index contributed by atoms with van der Waals surface area (Å²) in [6, 6.07) is 9.81. The zero-order valence-electron chi connectivity index (χ0n) is 12.4. The molecule has 1 heterocycles. The van der Waals surface area contributed by atoms with Gasteiger partial charge < -0.3 is 9.64 Å². The molecule has 0 saturated carbocycles. The fourth-order valence-electron chi connectivity index (χ4n) is 2.36. The molecule has 0 spiro atoms. The van der Waals surface area contributed by atoms with Crippen molar-refractivity contribution < 1.29 is 9.53 Å². The van der Waals surface area contributed by atoms with Gasteiger partial charge in [-0.1, -0.05) is 37.3 Å². The number of hydrogen-bond donors (Lipinski definition) is 0. The summed E-state index contributed by atoms with van der Waals surface area (Å²) in [7, 11) is 2.13. The summed E-state index contributed by atoms with van der Waals surface area (Å²) in [4.78, 5) is 16.7. The Kier molecular flexibility index (Phi) is 5.56. The van der Waals surface area contributed by atoms with E-state index in [1.54, 1.807) is 0 Å². The first kappa shape index (κ1) is 15.0. The molecular formula is C16H24N2O2. The zero-order chi connectivity index (χ0) is 14.4. The smallest absolute Gasteiger partial charge is 0.310 e. The molecule has 0 radical (unpaired) electrons. The zero-order valence-corrected chi connectivity index (χ0v) is 12.4. The maximum Gasteiger partial charge on any atom is 0.310 e. The van der Waals surface area contributed by atoms with Crippen LogP contribution >= 0.6 is 0 Å². The molecule has 0 N–H and O–H groups in total. The van der Waals surface area contributed by atoms with E-state index < -0.39 is 0 Å². The van der Waals surface area contributed by atoms with Crippen LogP contribution in [0.3, 0.4) is 0 Å². The second-order valence-corrected chi connectivity index (χ2v) is 5.60. The molecule has 1 unspecified atom stereocenters. The standard InChI is InChI=1S/C16H24N2O2/c1-14(12-18-10-8-17(2)9-11-18)16(19)20-13-15-6-4-3-5-7-15/h3-7,14H,8-13H2,1-2H3. The summed E-state index contributed by atoms with van der Waals surface area (Å²) in [5, 5.41) is 0. The van der Waals surface area contributed by atoms with Crippen LogP contribution in [0, 0.1) is 5.92 Å². The Bertz CT molecular complexity index is 414. The Morgan fingerprint density at radius 2 is 1.85 bits per heavy atom. The molecule has 1 atom stereocenters. The van der Waals surface area contributed by atoms with Crippen LogP contribution in [0.15, 0.2) is 30.3 Å². The van der Waals surface area contributed by atoms with Crippen molar-refractivity contribution in [2.45, 2.75) is 13.5 Å². The lowest BCUT2D eigenvalue weighted by atomic mass is 10.1. The Morgan fingerprint density at radius 3 is 2.50 bits per heavy atom. The molecule has 1 aromatic rings. The quantitative estimate of drug-likeness (QED) is 0.765. The number of likely N-dealkylation sites (N-methyl/N-ethyl adjacent to an activating group) is 1. The molecule has 1 saturated heterocycles. The van der Waals surface area contributed by atoms with Crippen molar-refractivity contribution in [3.63, 3.8) is 0 Å². The molecule has 20 heavy (non-hydrogen) atoms. The molecule has 0 aliphatic carbocycles. The lowest BCUT2D eigenvalue weighted by Crippen LogP contribution is -2.46. The number of nitrogens with zero attached hydrogens (tertiary/aromatic N) is 2. The van der Waals surface area contributed by atoms with E-state index in [0.717, 1.165) is 38.3 Å². The summed E-state index contributed by atoms with van der Waals surface area (Å²) in [6.07, 6.45) is 0. The number of esters is 1. The Balaban J connectivity index is 1.72. The van der Waals surface area contributed by atoms with Gasteiger partial charge in [-0.15, -0.1) is 0 Å². The van der Waals surface area contributed by atoms with Crippen molar-refractivity contribution in [3.05, 3.63) is 35.9 Å². The summed E-state index contributed by atoms with van der Waals surface area (Å²) in [5.41, 5.74) is 1.03. The fourth-order valence-corrected chi connectivity index (χ4v) is 2.36. The first-order chi connectivity index (χ1) is 9.65. The first-order valence-corrected chi connectivity index (χ1v) is 7.26. The summed E-state index contributed by atoms with van der Waals surface area (Å²) in [6.45, 7) is 7.33. The van der Waals surface area contributed by atoms with Gasteiger partial charge in [0.1, 0.15) is 6.61 Å². The topological polar surface area (TPSA) is 32.8 Å². The van der Waals surface area contributed by atoms with Crippen LogP contribution in [0.4, 0.5) is 0 Å². The Labute approximate surface area is 121 Å². The highest BCUT2D eigenvalue weighted by Crippen LogP contribution is 2.08. The molecule has 0 bridgehead atoms. The van der Waals surface area contributed by atoms with Crippen molar-refractivity contribution in [1.82, 2.24) is 9.80 Å². The van der Waals surface area contributed by atoms with E-state index in [1.165, 1.54) is 0 Å². The third-order valence-corrected chi connectivity index (χ3v) is 3.75.